The summed E-state index contributed by atoms with van der Waals surface area (Å²) in [7, 11) is 0. The number of amides is 1. The van der Waals surface area contributed by atoms with Crippen molar-refractivity contribution in [2.75, 3.05) is 31.3 Å². The van der Waals surface area contributed by atoms with E-state index in [1.165, 1.54) is 0 Å². The van der Waals surface area contributed by atoms with Crippen molar-refractivity contribution in [2.45, 2.75) is 44.6 Å². The van der Waals surface area contributed by atoms with Crippen LogP contribution in [0.4, 0.5) is 5.82 Å². The fourth-order valence-electron chi connectivity index (χ4n) is 4.37. The average Bonchev–Trinajstić information content (AvgIpc) is 3.11. The van der Waals surface area contributed by atoms with Gasteiger partial charge in [0, 0.05) is 31.6 Å². The molecule has 2 aromatic rings. The summed E-state index contributed by atoms with van der Waals surface area (Å²) < 4.78 is 10.9. The highest BCUT2D eigenvalue weighted by Gasteiger charge is 2.30. The van der Waals surface area contributed by atoms with Gasteiger partial charge >= 0.3 is 0 Å². The molecule has 0 saturated carbocycles. The minimum Gasteiger partial charge on any atom is -0.454 e. The summed E-state index contributed by atoms with van der Waals surface area (Å²) in [5, 5.41) is 13.4. The van der Waals surface area contributed by atoms with Gasteiger partial charge in [-0.3, -0.25) is 4.79 Å². The number of nitrogens with zero attached hydrogens (tertiary/aromatic N) is 3. The van der Waals surface area contributed by atoms with Crippen molar-refractivity contribution in [1.29, 1.82) is 0 Å². The zero-order valence-electron chi connectivity index (χ0n) is 17.1. The third kappa shape index (κ3) is 3.67. The minimum atomic E-state index is -0.658. The van der Waals surface area contributed by atoms with Gasteiger partial charge in [0.2, 0.25) is 6.79 Å². The molecule has 30 heavy (non-hydrogen) atoms. The first-order valence-corrected chi connectivity index (χ1v) is 10.5. The quantitative estimate of drug-likeness (QED) is 0.797. The lowest BCUT2D eigenvalue weighted by Gasteiger charge is -2.28. The molecule has 3 aliphatic heterocycles. The van der Waals surface area contributed by atoms with Crippen LogP contribution in [0.2, 0.25) is 0 Å². The minimum absolute atomic E-state index is 0.145. The number of carbonyl (C=O) groups is 1. The maximum Gasteiger partial charge on any atom is 0.270 e. The molecular formula is C22H26N4O4. The summed E-state index contributed by atoms with van der Waals surface area (Å²) in [5.74, 6) is 2.76. The molecule has 1 aromatic carbocycles. The molecule has 0 bridgehead atoms. The van der Waals surface area contributed by atoms with E-state index in [4.69, 9.17) is 14.5 Å². The summed E-state index contributed by atoms with van der Waals surface area (Å²) in [6.07, 6.45) is 3.54. The van der Waals surface area contributed by atoms with Crippen LogP contribution in [0.5, 0.6) is 11.5 Å². The number of rotatable bonds is 3. The molecule has 8 heteroatoms. The third-order valence-corrected chi connectivity index (χ3v) is 6.07. The molecule has 5 rings (SSSR count). The Morgan fingerprint density at radius 3 is 2.97 bits per heavy atom. The van der Waals surface area contributed by atoms with Gasteiger partial charge in [-0.15, -0.1) is 0 Å². The number of aromatic nitrogens is 2. The zero-order chi connectivity index (χ0) is 20.7. The Morgan fingerprint density at radius 1 is 1.20 bits per heavy atom. The lowest BCUT2D eigenvalue weighted by molar-refractivity contribution is 0.0481. The smallest absolute Gasteiger partial charge is 0.270 e. The van der Waals surface area contributed by atoms with Crippen molar-refractivity contribution >= 4 is 11.7 Å². The maximum atomic E-state index is 12.6. The van der Waals surface area contributed by atoms with Gasteiger partial charge in [-0.1, -0.05) is 6.07 Å². The van der Waals surface area contributed by atoms with Crippen LogP contribution in [-0.2, 0) is 12.8 Å². The van der Waals surface area contributed by atoms with Crippen LogP contribution in [0.3, 0.4) is 0 Å². The number of nitrogens with one attached hydrogen (secondary N) is 1. The molecule has 0 aliphatic carbocycles. The predicted molar refractivity (Wildman–Crippen MR) is 110 cm³/mol. The zero-order valence-corrected chi connectivity index (χ0v) is 17.1. The molecule has 4 heterocycles. The van der Waals surface area contributed by atoms with Crippen LogP contribution in [0, 0.1) is 0 Å². The molecule has 3 aliphatic rings. The fourth-order valence-corrected chi connectivity index (χ4v) is 4.37. The highest BCUT2D eigenvalue weighted by molar-refractivity contribution is 5.96. The summed E-state index contributed by atoms with van der Waals surface area (Å²) in [5.41, 5.74) is 1.72. The van der Waals surface area contributed by atoms with Gasteiger partial charge in [-0.05, 0) is 50.3 Å². The van der Waals surface area contributed by atoms with E-state index in [1.54, 1.807) is 0 Å². The van der Waals surface area contributed by atoms with Crippen molar-refractivity contribution in [3.63, 3.8) is 0 Å². The summed E-state index contributed by atoms with van der Waals surface area (Å²) in [6, 6.07) is 5.80. The largest absolute Gasteiger partial charge is 0.454 e. The number of anilines is 1. The Balaban J connectivity index is 1.50. The second-order valence-corrected chi connectivity index (χ2v) is 8.50. The molecule has 1 amide bonds. The first-order chi connectivity index (χ1) is 14.5. The van der Waals surface area contributed by atoms with Gasteiger partial charge < -0.3 is 24.8 Å². The van der Waals surface area contributed by atoms with Gasteiger partial charge in [0.25, 0.3) is 5.91 Å². The number of aliphatic hydroxyl groups is 1. The van der Waals surface area contributed by atoms with Crippen molar-refractivity contribution in [3.8, 4) is 11.5 Å². The third-order valence-electron chi connectivity index (χ3n) is 6.07. The van der Waals surface area contributed by atoms with E-state index < -0.39 is 5.60 Å². The Kier molecular flexibility index (Phi) is 4.73. The standard InChI is InChI=1S/C22H26N4O4/c1-22(28)6-2-9-26(10-7-22)20-15-5-8-23-21(27)19(15)24-18(25-20)12-14-3-4-16-17(11-14)30-13-29-16/h3-4,11,28H,2,5-10,12-13H2,1H3,(H,23,27). The summed E-state index contributed by atoms with van der Waals surface area (Å²) in [4.78, 5) is 24.3. The predicted octanol–water partition coefficient (Wildman–Crippen LogP) is 1.82. The van der Waals surface area contributed by atoms with E-state index in [9.17, 15) is 9.90 Å². The van der Waals surface area contributed by atoms with Crippen LogP contribution in [0.1, 0.15) is 53.6 Å². The average molecular weight is 410 g/mol. The number of fused-ring (bicyclic) bond motifs is 2. The molecule has 8 nitrogen and oxygen atoms in total. The van der Waals surface area contributed by atoms with E-state index in [0.29, 0.717) is 43.9 Å². The molecule has 1 aromatic heterocycles. The van der Waals surface area contributed by atoms with Gasteiger partial charge in [0.1, 0.15) is 17.3 Å². The molecule has 1 atom stereocenters. The van der Waals surface area contributed by atoms with E-state index in [0.717, 1.165) is 47.8 Å². The summed E-state index contributed by atoms with van der Waals surface area (Å²) >= 11 is 0. The monoisotopic (exact) mass is 410 g/mol. The van der Waals surface area contributed by atoms with Crippen LogP contribution < -0.4 is 19.7 Å². The van der Waals surface area contributed by atoms with Gasteiger partial charge in [-0.2, -0.15) is 0 Å². The van der Waals surface area contributed by atoms with Gasteiger partial charge in [0.15, 0.2) is 11.5 Å². The summed E-state index contributed by atoms with van der Waals surface area (Å²) in [6.45, 7) is 4.24. The van der Waals surface area contributed by atoms with E-state index in [1.807, 2.05) is 25.1 Å². The topological polar surface area (TPSA) is 96.8 Å². The van der Waals surface area contributed by atoms with E-state index in [2.05, 4.69) is 15.2 Å². The Labute approximate surface area is 175 Å². The molecule has 0 radical (unpaired) electrons. The molecular weight excluding hydrogens is 384 g/mol. The second kappa shape index (κ2) is 7.43. The van der Waals surface area contributed by atoms with E-state index in [-0.39, 0.29) is 12.7 Å². The van der Waals surface area contributed by atoms with Gasteiger partial charge in [0.05, 0.1) is 5.60 Å². The second-order valence-electron chi connectivity index (χ2n) is 8.50. The Hall–Kier alpha value is -2.87. The maximum absolute atomic E-state index is 12.6. The normalized spacial score (nSPS) is 23.0. The number of carbonyl (C=O) groups excluding carboxylic acids is 1. The fraction of sp³-hybridized carbons (Fsp3) is 0.500. The van der Waals surface area contributed by atoms with Crippen molar-refractivity contribution < 1.29 is 19.4 Å². The van der Waals surface area contributed by atoms with Crippen molar-refractivity contribution in [3.05, 3.63) is 40.8 Å². The van der Waals surface area contributed by atoms with Crippen LogP contribution in [0.15, 0.2) is 18.2 Å². The van der Waals surface area contributed by atoms with E-state index >= 15 is 0 Å². The molecule has 1 unspecified atom stereocenters. The molecule has 0 spiro atoms. The molecule has 1 saturated heterocycles. The first-order valence-electron chi connectivity index (χ1n) is 10.5. The number of hydrogen-bond acceptors (Lipinski definition) is 7. The number of ether oxygens (including phenoxy) is 2. The van der Waals surface area contributed by atoms with Crippen LogP contribution in [0.25, 0.3) is 0 Å². The Morgan fingerprint density at radius 2 is 2.07 bits per heavy atom. The Bertz CT molecular complexity index is 991. The van der Waals surface area contributed by atoms with Crippen LogP contribution in [-0.4, -0.2) is 53.0 Å². The SMILES string of the molecule is CC1(O)CCCN(c2nc(Cc3ccc4c(c3)OCO4)nc3c2CCNC3=O)CC1. The molecule has 158 valence electrons. The highest BCUT2D eigenvalue weighted by atomic mass is 16.7. The van der Waals surface area contributed by atoms with Crippen molar-refractivity contribution in [1.82, 2.24) is 15.3 Å². The first kappa shape index (κ1) is 19.1. The lowest BCUT2D eigenvalue weighted by atomic mass is 9.98. The van der Waals surface area contributed by atoms with Gasteiger partial charge in [-0.25, -0.2) is 9.97 Å². The highest BCUT2D eigenvalue weighted by Crippen LogP contribution is 2.34. The molecule has 2 N–H and O–H groups in total. The van der Waals surface area contributed by atoms with Crippen molar-refractivity contribution in [2.24, 2.45) is 0 Å². The number of benzene rings is 1. The number of hydrogen-bond donors (Lipinski definition) is 2. The molecule has 1 fully saturated rings. The van der Waals surface area contributed by atoms with Crippen LogP contribution >= 0.6 is 0 Å². The lowest BCUT2D eigenvalue weighted by Crippen LogP contribution is -2.37.